The number of carbonyl (C=O) groups is 1. The van der Waals surface area contributed by atoms with Crippen molar-refractivity contribution in [1.82, 2.24) is 4.90 Å². The number of aliphatic carboxylic acids is 1. The number of benzene rings is 1. The van der Waals surface area contributed by atoms with Crippen LogP contribution in [0.25, 0.3) is 0 Å². The Kier molecular flexibility index (Phi) is 5.73. The molecule has 1 N–H and O–H groups in total. The molecule has 104 valence electrons. The van der Waals surface area contributed by atoms with Crippen molar-refractivity contribution in [2.24, 2.45) is 0 Å². The summed E-state index contributed by atoms with van der Waals surface area (Å²) in [4.78, 5) is 13.3. The summed E-state index contributed by atoms with van der Waals surface area (Å²) in [6.45, 7) is 1.82. The van der Waals surface area contributed by atoms with Gasteiger partial charge in [-0.25, -0.2) is 0 Å². The zero-order valence-corrected chi connectivity index (χ0v) is 11.9. The molecule has 1 aliphatic rings. The Bertz CT molecular complexity index is 396. The first-order valence-corrected chi connectivity index (χ1v) is 8.01. The lowest BCUT2D eigenvalue weighted by molar-refractivity contribution is -0.144. The van der Waals surface area contributed by atoms with Crippen molar-refractivity contribution in [2.75, 3.05) is 18.8 Å². The molecule has 0 saturated carbocycles. The van der Waals surface area contributed by atoms with Gasteiger partial charge in [-0.3, -0.25) is 9.69 Å². The average Bonchev–Trinajstić information content (AvgIpc) is 2.45. The molecule has 0 aliphatic carbocycles. The van der Waals surface area contributed by atoms with Crippen molar-refractivity contribution >= 4 is 17.7 Å². The molecule has 0 spiro atoms. The number of thioether (sulfide) groups is 1. The fourth-order valence-electron chi connectivity index (χ4n) is 2.48. The first-order chi connectivity index (χ1) is 9.27. The van der Waals surface area contributed by atoms with Crippen LogP contribution >= 0.6 is 11.8 Å². The highest BCUT2D eigenvalue weighted by molar-refractivity contribution is 7.98. The van der Waals surface area contributed by atoms with E-state index in [4.69, 9.17) is 0 Å². The van der Waals surface area contributed by atoms with E-state index < -0.39 is 5.97 Å². The monoisotopic (exact) mass is 279 g/mol. The standard InChI is InChI=1S/C15H21NO2S/c17-15(18)14-8-4-5-9-16(14)10-11-19-12-13-6-2-1-3-7-13/h1-3,6-7,14H,4-5,8-12H2,(H,17,18). The van der Waals surface area contributed by atoms with E-state index in [2.05, 4.69) is 29.2 Å². The summed E-state index contributed by atoms with van der Waals surface area (Å²) >= 11 is 1.88. The van der Waals surface area contributed by atoms with E-state index in [1.165, 1.54) is 5.56 Å². The summed E-state index contributed by atoms with van der Waals surface area (Å²) < 4.78 is 0. The molecule has 1 atom stereocenters. The van der Waals surface area contributed by atoms with Gasteiger partial charge in [-0.1, -0.05) is 36.8 Å². The van der Waals surface area contributed by atoms with E-state index in [-0.39, 0.29) is 6.04 Å². The van der Waals surface area contributed by atoms with Crippen LogP contribution < -0.4 is 0 Å². The highest BCUT2D eigenvalue weighted by Crippen LogP contribution is 2.19. The number of carboxylic acids is 1. The lowest BCUT2D eigenvalue weighted by atomic mass is 10.0. The normalized spacial score (nSPS) is 20.3. The van der Waals surface area contributed by atoms with Crippen molar-refractivity contribution in [3.63, 3.8) is 0 Å². The number of hydrogen-bond donors (Lipinski definition) is 1. The number of likely N-dealkylation sites (tertiary alicyclic amines) is 1. The van der Waals surface area contributed by atoms with Gasteiger partial charge in [0.1, 0.15) is 6.04 Å². The maximum absolute atomic E-state index is 11.2. The molecular weight excluding hydrogens is 258 g/mol. The third-order valence-corrected chi connectivity index (χ3v) is 4.54. The van der Waals surface area contributed by atoms with Crippen molar-refractivity contribution in [3.05, 3.63) is 35.9 Å². The van der Waals surface area contributed by atoms with Gasteiger partial charge in [0.05, 0.1) is 0 Å². The first-order valence-electron chi connectivity index (χ1n) is 6.86. The first kappa shape index (κ1) is 14.4. The van der Waals surface area contributed by atoms with Gasteiger partial charge in [-0.15, -0.1) is 0 Å². The minimum Gasteiger partial charge on any atom is -0.480 e. The van der Waals surface area contributed by atoms with E-state index in [0.717, 1.165) is 43.9 Å². The van der Waals surface area contributed by atoms with Crippen molar-refractivity contribution in [2.45, 2.75) is 31.1 Å². The van der Waals surface area contributed by atoms with Crippen LogP contribution in [0.2, 0.25) is 0 Å². The Hall–Kier alpha value is -1.00. The molecule has 2 rings (SSSR count). The third kappa shape index (κ3) is 4.55. The maximum Gasteiger partial charge on any atom is 0.320 e. The molecule has 0 radical (unpaired) electrons. The smallest absolute Gasteiger partial charge is 0.320 e. The number of hydrogen-bond acceptors (Lipinski definition) is 3. The Morgan fingerprint density at radius 1 is 1.32 bits per heavy atom. The number of rotatable bonds is 6. The van der Waals surface area contributed by atoms with Crippen LogP contribution in [-0.2, 0) is 10.5 Å². The van der Waals surface area contributed by atoms with Crippen molar-refractivity contribution in [1.29, 1.82) is 0 Å². The Morgan fingerprint density at radius 3 is 2.84 bits per heavy atom. The third-order valence-electron chi connectivity index (χ3n) is 3.53. The van der Waals surface area contributed by atoms with Gasteiger partial charge in [0, 0.05) is 18.1 Å². The van der Waals surface area contributed by atoms with E-state index in [9.17, 15) is 9.90 Å². The fraction of sp³-hybridized carbons (Fsp3) is 0.533. The molecule has 1 aliphatic heterocycles. The highest BCUT2D eigenvalue weighted by atomic mass is 32.2. The molecule has 19 heavy (non-hydrogen) atoms. The lowest BCUT2D eigenvalue weighted by Gasteiger charge is -2.32. The van der Waals surface area contributed by atoms with Crippen LogP contribution in [0.3, 0.4) is 0 Å². The van der Waals surface area contributed by atoms with E-state index in [1.54, 1.807) is 0 Å². The Labute approximate surface area is 119 Å². The molecule has 0 amide bonds. The second-order valence-electron chi connectivity index (χ2n) is 4.92. The molecule has 1 aromatic rings. The summed E-state index contributed by atoms with van der Waals surface area (Å²) in [7, 11) is 0. The van der Waals surface area contributed by atoms with Gasteiger partial charge >= 0.3 is 5.97 Å². The van der Waals surface area contributed by atoms with Gasteiger partial charge in [-0.05, 0) is 24.9 Å². The zero-order valence-electron chi connectivity index (χ0n) is 11.1. The summed E-state index contributed by atoms with van der Waals surface area (Å²) in [5.41, 5.74) is 1.33. The topological polar surface area (TPSA) is 40.5 Å². The highest BCUT2D eigenvalue weighted by Gasteiger charge is 2.27. The second-order valence-corrected chi connectivity index (χ2v) is 6.03. The molecule has 1 heterocycles. The second kappa shape index (κ2) is 7.56. The van der Waals surface area contributed by atoms with Crippen molar-refractivity contribution in [3.8, 4) is 0 Å². The Balaban J connectivity index is 1.71. The molecular formula is C15H21NO2S. The maximum atomic E-state index is 11.2. The summed E-state index contributed by atoms with van der Waals surface area (Å²) in [5.74, 6) is 1.35. The zero-order chi connectivity index (χ0) is 13.5. The summed E-state index contributed by atoms with van der Waals surface area (Å²) in [6.07, 6.45) is 2.98. The van der Waals surface area contributed by atoms with Crippen LogP contribution in [0.1, 0.15) is 24.8 Å². The SMILES string of the molecule is O=C(O)C1CCCCN1CCSCc1ccccc1. The van der Waals surface area contributed by atoms with Gasteiger partial charge in [-0.2, -0.15) is 11.8 Å². The van der Waals surface area contributed by atoms with Crippen LogP contribution in [0.15, 0.2) is 30.3 Å². The molecule has 1 aromatic carbocycles. The van der Waals surface area contributed by atoms with Gasteiger partial charge in [0.2, 0.25) is 0 Å². The molecule has 4 heteroatoms. The molecule has 1 fully saturated rings. The summed E-state index contributed by atoms with van der Waals surface area (Å²) in [6, 6.07) is 10.1. The van der Waals surface area contributed by atoms with E-state index >= 15 is 0 Å². The van der Waals surface area contributed by atoms with Crippen LogP contribution in [-0.4, -0.2) is 40.9 Å². The van der Waals surface area contributed by atoms with E-state index in [0.29, 0.717) is 0 Å². The number of piperidine rings is 1. The lowest BCUT2D eigenvalue weighted by Crippen LogP contribution is -2.45. The van der Waals surface area contributed by atoms with Gasteiger partial charge in [0.15, 0.2) is 0 Å². The van der Waals surface area contributed by atoms with Gasteiger partial charge in [0.25, 0.3) is 0 Å². The minimum absolute atomic E-state index is 0.258. The molecule has 0 aromatic heterocycles. The van der Waals surface area contributed by atoms with Crippen LogP contribution in [0.5, 0.6) is 0 Å². The molecule has 0 bridgehead atoms. The number of carboxylic acid groups (broad SMARTS) is 1. The molecule has 1 unspecified atom stereocenters. The predicted molar refractivity (Wildman–Crippen MR) is 79.5 cm³/mol. The number of nitrogens with zero attached hydrogens (tertiary/aromatic N) is 1. The fourth-order valence-corrected chi connectivity index (χ4v) is 3.42. The predicted octanol–water partition coefficient (Wildman–Crippen LogP) is 2.86. The largest absolute Gasteiger partial charge is 0.480 e. The molecule has 3 nitrogen and oxygen atoms in total. The quantitative estimate of drug-likeness (QED) is 0.813. The van der Waals surface area contributed by atoms with E-state index in [1.807, 2.05) is 17.8 Å². The van der Waals surface area contributed by atoms with Crippen LogP contribution in [0.4, 0.5) is 0 Å². The average molecular weight is 279 g/mol. The Morgan fingerprint density at radius 2 is 2.11 bits per heavy atom. The summed E-state index contributed by atoms with van der Waals surface area (Å²) in [5, 5.41) is 9.19. The van der Waals surface area contributed by atoms with Crippen LogP contribution in [0, 0.1) is 0 Å². The molecule has 1 saturated heterocycles. The van der Waals surface area contributed by atoms with Gasteiger partial charge < -0.3 is 5.11 Å². The van der Waals surface area contributed by atoms with Crippen molar-refractivity contribution < 1.29 is 9.90 Å². The minimum atomic E-state index is -0.659.